The van der Waals surface area contributed by atoms with Crippen molar-refractivity contribution in [1.29, 1.82) is 0 Å². The van der Waals surface area contributed by atoms with Gasteiger partial charge < -0.3 is 14.8 Å². The van der Waals surface area contributed by atoms with Crippen LogP contribution in [0.4, 0.5) is 0 Å². The lowest BCUT2D eigenvalue weighted by atomic mass is 10.2. The van der Waals surface area contributed by atoms with Crippen LogP contribution in [0.1, 0.15) is 39.2 Å². The second kappa shape index (κ2) is 10.5. The largest absolute Gasteiger partial charge is 0.490 e. The summed E-state index contributed by atoms with van der Waals surface area (Å²) in [5.41, 5.74) is 1.18. The second-order valence-electron chi connectivity index (χ2n) is 4.54. The lowest BCUT2D eigenvalue weighted by molar-refractivity contribution is 0.280. The van der Waals surface area contributed by atoms with E-state index < -0.39 is 0 Å². The predicted molar refractivity (Wildman–Crippen MR) is 90.9 cm³/mol. The Balaban J connectivity index is 2.81. The molecule has 1 N–H and O–H groups in total. The summed E-state index contributed by atoms with van der Waals surface area (Å²) in [5, 5.41) is 3.39. The van der Waals surface area contributed by atoms with Gasteiger partial charge in [-0.05, 0) is 60.4 Å². The van der Waals surface area contributed by atoms with Crippen molar-refractivity contribution < 1.29 is 9.47 Å². The van der Waals surface area contributed by atoms with Gasteiger partial charge in [0.25, 0.3) is 0 Å². The van der Waals surface area contributed by atoms with Crippen LogP contribution in [0.3, 0.4) is 0 Å². The van der Waals surface area contributed by atoms with Gasteiger partial charge in [0.05, 0.1) is 17.7 Å². The molecule has 21 heavy (non-hydrogen) atoms. The molecule has 0 unspecified atom stereocenters. The van der Waals surface area contributed by atoms with E-state index in [1.807, 2.05) is 19.9 Å². The molecule has 1 rings (SSSR count). The lowest BCUT2D eigenvalue weighted by Crippen LogP contribution is -2.14. The summed E-state index contributed by atoms with van der Waals surface area (Å²) in [4.78, 5) is 0. The van der Waals surface area contributed by atoms with Gasteiger partial charge in [-0.1, -0.05) is 6.92 Å². The lowest BCUT2D eigenvalue weighted by Gasteiger charge is -2.15. The van der Waals surface area contributed by atoms with Crippen LogP contribution in [0.25, 0.3) is 0 Å². The summed E-state index contributed by atoms with van der Waals surface area (Å²) in [6.07, 6.45) is 1.84. The third kappa shape index (κ3) is 6.41. The standard InChI is InChI=1S/C17H24BrNO2/c1-4-7-8-10-21-17-15(18)11-14(13-19-9-5-2)12-16(17)20-6-3/h11-12,19H,5-6,8-10,13H2,1-3H3. The van der Waals surface area contributed by atoms with Crippen LogP contribution in [0.5, 0.6) is 11.5 Å². The van der Waals surface area contributed by atoms with Crippen molar-refractivity contribution in [2.24, 2.45) is 0 Å². The fourth-order valence-corrected chi connectivity index (χ4v) is 2.47. The average molecular weight is 354 g/mol. The van der Waals surface area contributed by atoms with Crippen molar-refractivity contribution in [3.63, 3.8) is 0 Å². The number of nitrogens with one attached hydrogen (secondary N) is 1. The van der Waals surface area contributed by atoms with Crippen LogP contribution in [-0.2, 0) is 6.54 Å². The summed E-state index contributed by atoms with van der Waals surface area (Å²) in [7, 11) is 0. The van der Waals surface area contributed by atoms with Gasteiger partial charge in [0.1, 0.15) is 0 Å². The Morgan fingerprint density at radius 1 is 1.24 bits per heavy atom. The Labute approximate surface area is 136 Å². The highest BCUT2D eigenvalue weighted by Crippen LogP contribution is 2.37. The molecule has 0 atom stereocenters. The maximum Gasteiger partial charge on any atom is 0.175 e. The molecule has 1 aromatic carbocycles. The third-order valence-corrected chi connectivity index (χ3v) is 3.36. The van der Waals surface area contributed by atoms with Crippen LogP contribution in [0.15, 0.2) is 16.6 Å². The molecule has 0 saturated heterocycles. The van der Waals surface area contributed by atoms with Gasteiger partial charge >= 0.3 is 0 Å². The van der Waals surface area contributed by atoms with E-state index in [0.717, 1.165) is 35.5 Å². The molecule has 0 bridgehead atoms. The van der Waals surface area contributed by atoms with Crippen molar-refractivity contribution in [3.05, 3.63) is 22.2 Å². The Kier molecular flexibility index (Phi) is 8.96. The molecule has 4 heteroatoms. The molecule has 0 aliphatic rings. The first-order valence-electron chi connectivity index (χ1n) is 7.41. The van der Waals surface area contributed by atoms with Gasteiger partial charge in [0.15, 0.2) is 11.5 Å². The van der Waals surface area contributed by atoms with Gasteiger partial charge in [0.2, 0.25) is 0 Å². The van der Waals surface area contributed by atoms with Crippen molar-refractivity contribution in [3.8, 4) is 23.3 Å². The molecule has 0 aliphatic carbocycles. The molecule has 0 aromatic heterocycles. The minimum atomic E-state index is 0.562. The smallest absolute Gasteiger partial charge is 0.175 e. The molecular formula is C17H24BrNO2. The Hall–Kier alpha value is -1.18. The maximum absolute atomic E-state index is 5.81. The Bertz CT molecular complexity index is 492. The van der Waals surface area contributed by atoms with E-state index in [2.05, 4.69) is 46.1 Å². The van der Waals surface area contributed by atoms with Crippen molar-refractivity contribution >= 4 is 15.9 Å². The van der Waals surface area contributed by atoms with E-state index in [1.165, 1.54) is 5.56 Å². The molecular weight excluding hydrogens is 330 g/mol. The van der Waals surface area contributed by atoms with E-state index in [9.17, 15) is 0 Å². The fourth-order valence-electron chi connectivity index (χ4n) is 1.87. The molecule has 0 saturated carbocycles. The summed E-state index contributed by atoms with van der Waals surface area (Å²) in [5.74, 6) is 7.40. The number of hydrogen-bond donors (Lipinski definition) is 1. The summed E-state index contributed by atoms with van der Waals surface area (Å²) >= 11 is 3.58. The summed E-state index contributed by atoms with van der Waals surface area (Å²) in [6, 6.07) is 4.11. The number of benzene rings is 1. The minimum Gasteiger partial charge on any atom is -0.490 e. The average Bonchev–Trinajstić information content (AvgIpc) is 2.46. The van der Waals surface area contributed by atoms with Crippen molar-refractivity contribution in [1.82, 2.24) is 5.32 Å². The molecule has 3 nitrogen and oxygen atoms in total. The highest BCUT2D eigenvalue weighted by molar-refractivity contribution is 9.10. The van der Waals surface area contributed by atoms with Gasteiger partial charge in [-0.25, -0.2) is 0 Å². The van der Waals surface area contributed by atoms with Crippen LogP contribution in [0, 0.1) is 11.8 Å². The zero-order chi connectivity index (χ0) is 15.5. The first-order chi connectivity index (χ1) is 10.2. The monoisotopic (exact) mass is 353 g/mol. The zero-order valence-corrected chi connectivity index (χ0v) is 14.7. The molecule has 0 heterocycles. The van der Waals surface area contributed by atoms with E-state index in [-0.39, 0.29) is 0 Å². The van der Waals surface area contributed by atoms with E-state index >= 15 is 0 Å². The van der Waals surface area contributed by atoms with Crippen LogP contribution in [0.2, 0.25) is 0 Å². The minimum absolute atomic E-state index is 0.562. The van der Waals surface area contributed by atoms with E-state index in [1.54, 1.807) is 0 Å². The molecule has 0 aliphatic heterocycles. The predicted octanol–water partition coefficient (Wildman–Crippen LogP) is 4.14. The van der Waals surface area contributed by atoms with Crippen LogP contribution < -0.4 is 14.8 Å². The van der Waals surface area contributed by atoms with E-state index in [4.69, 9.17) is 9.47 Å². The second-order valence-corrected chi connectivity index (χ2v) is 5.39. The van der Waals surface area contributed by atoms with Crippen LogP contribution in [-0.4, -0.2) is 19.8 Å². The van der Waals surface area contributed by atoms with E-state index in [0.29, 0.717) is 19.6 Å². The molecule has 116 valence electrons. The quantitative estimate of drug-likeness (QED) is 0.534. The highest BCUT2D eigenvalue weighted by Gasteiger charge is 2.12. The first-order valence-corrected chi connectivity index (χ1v) is 8.20. The molecule has 0 radical (unpaired) electrons. The molecule has 0 amide bonds. The van der Waals surface area contributed by atoms with Crippen LogP contribution >= 0.6 is 15.9 Å². The number of halogens is 1. The normalized spacial score (nSPS) is 9.90. The Morgan fingerprint density at radius 2 is 2.05 bits per heavy atom. The van der Waals surface area contributed by atoms with Gasteiger partial charge in [0, 0.05) is 13.0 Å². The highest BCUT2D eigenvalue weighted by atomic mass is 79.9. The van der Waals surface area contributed by atoms with Crippen molar-refractivity contribution in [2.45, 2.75) is 40.2 Å². The third-order valence-electron chi connectivity index (χ3n) is 2.78. The summed E-state index contributed by atoms with van der Waals surface area (Å²) < 4.78 is 12.4. The van der Waals surface area contributed by atoms with Gasteiger partial charge in [-0.3, -0.25) is 0 Å². The Morgan fingerprint density at radius 3 is 2.71 bits per heavy atom. The molecule has 1 aromatic rings. The maximum atomic E-state index is 5.81. The van der Waals surface area contributed by atoms with Gasteiger partial charge in [-0.15, -0.1) is 11.8 Å². The first kappa shape index (κ1) is 17.9. The molecule has 0 fully saturated rings. The number of rotatable bonds is 9. The SMILES string of the molecule is CC#CCCOc1c(Br)cc(CNCCC)cc1OCC. The topological polar surface area (TPSA) is 30.5 Å². The summed E-state index contributed by atoms with van der Waals surface area (Å²) in [6.45, 7) is 8.98. The molecule has 0 spiro atoms. The number of hydrogen-bond acceptors (Lipinski definition) is 3. The fraction of sp³-hybridized carbons (Fsp3) is 0.529. The van der Waals surface area contributed by atoms with Crippen molar-refractivity contribution in [2.75, 3.05) is 19.8 Å². The van der Waals surface area contributed by atoms with Gasteiger partial charge in [-0.2, -0.15) is 0 Å². The zero-order valence-electron chi connectivity index (χ0n) is 13.1. The number of ether oxygens (including phenoxy) is 2.